The van der Waals surface area contributed by atoms with Crippen LogP contribution in [0.15, 0.2) is 17.3 Å². The van der Waals surface area contributed by atoms with Gasteiger partial charge in [0.25, 0.3) is 0 Å². The summed E-state index contributed by atoms with van der Waals surface area (Å²) in [5.74, 6) is 0. The fraction of sp³-hybridized carbons (Fsp3) is 0.556. The number of hydrogen-bond donors (Lipinski definition) is 1. The third kappa shape index (κ3) is 1.95. The summed E-state index contributed by atoms with van der Waals surface area (Å²) in [4.78, 5) is 10.1. The highest BCUT2D eigenvalue weighted by molar-refractivity contribution is 5.15. The first kappa shape index (κ1) is 9.92. The summed E-state index contributed by atoms with van der Waals surface area (Å²) < 4.78 is 1.93. The van der Waals surface area contributed by atoms with Gasteiger partial charge in [0.2, 0.25) is 0 Å². The monoisotopic (exact) mass is 182 g/mol. The van der Waals surface area contributed by atoms with Gasteiger partial charge in [-0.2, -0.15) is 4.91 Å². The van der Waals surface area contributed by atoms with E-state index in [1.807, 2.05) is 30.5 Å². The Morgan fingerprint density at radius 3 is 2.38 bits per heavy atom. The van der Waals surface area contributed by atoms with Crippen molar-refractivity contribution in [2.75, 3.05) is 13.2 Å². The van der Waals surface area contributed by atoms with Gasteiger partial charge in [0.05, 0.1) is 12.6 Å². The Balaban J connectivity index is 2.95. The van der Waals surface area contributed by atoms with Crippen LogP contribution in [0.2, 0.25) is 0 Å². The Morgan fingerprint density at radius 1 is 1.46 bits per heavy atom. The van der Waals surface area contributed by atoms with Gasteiger partial charge in [-0.1, -0.05) is 5.18 Å². The first-order chi connectivity index (χ1) is 6.20. The molecule has 13 heavy (non-hydrogen) atoms. The van der Waals surface area contributed by atoms with Gasteiger partial charge < -0.3 is 9.67 Å². The molecule has 1 atom stereocenters. The number of nitrogens with zero attached hydrogens (tertiary/aromatic N) is 2. The van der Waals surface area contributed by atoms with Crippen LogP contribution in [0.4, 0.5) is 0 Å². The second-order valence-corrected chi connectivity index (χ2v) is 3.13. The molecule has 72 valence electrons. The van der Waals surface area contributed by atoms with Crippen molar-refractivity contribution in [1.82, 2.24) is 4.57 Å². The Morgan fingerprint density at radius 2 is 2.00 bits per heavy atom. The fourth-order valence-electron chi connectivity index (χ4n) is 1.56. The summed E-state index contributed by atoms with van der Waals surface area (Å²) in [5, 5.41) is 11.9. The van der Waals surface area contributed by atoms with Gasteiger partial charge >= 0.3 is 0 Å². The van der Waals surface area contributed by atoms with Gasteiger partial charge in [-0.05, 0) is 26.0 Å². The van der Waals surface area contributed by atoms with Crippen molar-refractivity contribution in [2.24, 2.45) is 5.18 Å². The van der Waals surface area contributed by atoms with Crippen LogP contribution in [0.1, 0.15) is 17.4 Å². The highest BCUT2D eigenvalue weighted by Crippen LogP contribution is 2.15. The van der Waals surface area contributed by atoms with Crippen molar-refractivity contribution in [2.45, 2.75) is 19.9 Å². The summed E-state index contributed by atoms with van der Waals surface area (Å²) in [6.07, 6.45) is 0. The van der Waals surface area contributed by atoms with E-state index in [1.54, 1.807) is 0 Å². The fourth-order valence-corrected chi connectivity index (χ4v) is 1.56. The van der Waals surface area contributed by atoms with E-state index in [0.29, 0.717) is 0 Å². The highest BCUT2D eigenvalue weighted by Gasteiger charge is 2.13. The molecule has 0 saturated heterocycles. The Hall–Kier alpha value is -1.16. The molecule has 0 amide bonds. The number of nitroso groups, excluding NO2 is 1. The van der Waals surface area contributed by atoms with Crippen LogP contribution in [0, 0.1) is 18.8 Å². The lowest BCUT2D eigenvalue weighted by molar-refractivity contribution is 0.229. The van der Waals surface area contributed by atoms with E-state index in [2.05, 4.69) is 5.18 Å². The smallest absolute Gasteiger partial charge is 0.104 e. The second-order valence-electron chi connectivity index (χ2n) is 3.13. The molecule has 0 bridgehead atoms. The number of rotatable bonds is 4. The molecule has 1 aromatic heterocycles. The number of aromatic nitrogens is 1. The van der Waals surface area contributed by atoms with Crippen LogP contribution in [0.3, 0.4) is 0 Å². The molecule has 1 aromatic rings. The molecule has 0 saturated carbocycles. The van der Waals surface area contributed by atoms with Crippen LogP contribution >= 0.6 is 0 Å². The SMILES string of the molecule is Cc1ccc(C)n1C(CO)CN=O. The molecule has 0 aliphatic rings. The predicted octanol–water partition coefficient (Wildman–Crippen LogP) is 1.40. The number of aliphatic hydroxyl groups is 1. The topological polar surface area (TPSA) is 54.6 Å². The van der Waals surface area contributed by atoms with E-state index in [4.69, 9.17) is 5.11 Å². The van der Waals surface area contributed by atoms with E-state index in [1.165, 1.54) is 0 Å². The number of hydrogen-bond acceptors (Lipinski definition) is 3. The molecule has 1 unspecified atom stereocenters. The van der Waals surface area contributed by atoms with Gasteiger partial charge in [0.1, 0.15) is 6.54 Å². The molecular formula is C9H14N2O2. The first-order valence-corrected chi connectivity index (χ1v) is 4.25. The summed E-state index contributed by atoms with van der Waals surface area (Å²) in [6, 6.07) is 3.71. The van der Waals surface area contributed by atoms with Crippen molar-refractivity contribution in [3.05, 3.63) is 28.4 Å². The van der Waals surface area contributed by atoms with Crippen molar-refractivity contribution in [3.8, 4) is 0 Å². The molecule has 0 fully saturated rings. The van der Waals surface area contributed by atoms with Crippen molar-refractivity contribution >= 4 is 0 Å². The van der Waals surface area contributed by atoms with Crippen molar-refractivity contribution < 1.29 is 5.11 Å². The lowest BCUT2D eigenvalue weighted by Gasteiger charge is -2.17. The van der Waals surface area contributed by atoms with Gasteiger partial charge in [0.15, 0.2) is 0 Å². The van der Waals surface area contributed by atoms with E-state index in [9.17, 15) is 4.91 Å². The average Bonchev–Trinajstić information content (AvgIpc) is 2.43. The van der Waals surface area contributed by atoms with Crippen LogP contribution in [0.5, 0.6) is 0 Å². The lowest BCUT2D eigenvalue weighted by atomic mass is 10.3. The van der Waals surface area contributed by atoms with Crippen molar-refractivity contribution in [3.63, 3.8) is 0 Å². The molecule has 1 rings (SSSR count). The maximum absolute atomic E-state index is 10.1. The number of aryl methyl sites for hydroxylation is 2. The van der Waals surface area contributed by atoms with Crippen LogP contribution in [-0.2, 0) is 0 Å². The minimum Gasteiger partial charge on any atom is -0.394 e. The summed E-state index contributed by atoms with van der Waals surface area (Å²) in [5.41, 5.74) is 2.08. The highest BCUT2D eigenvalue weighted by atomic mass is 16.3. The van der Waals surface area contributed by atoms with Crippen LogP contribution < -0.4 is 0 Å². The minimum absolute atomic E-state index is 0.0535. The minimum atomic E-state index is -0.215. The predicted molar refractivity (Wildman–Crippen MR) is 50.7 cm³/mol. The third-order valence-corrected chi connectivity index (χ3v) is 2.19. The normalized spacial score (nSPS) is 12.8. The van der Waals surface area contributed by atoms with Crippen molar-refractivity contribution in [1.29, 1.82) is 0 Å². The molecule has 0 spiro atoms. The largest absolute Gasteiger partial charge is 0.394 e. The molecule has 0 aliphatic carbocycles. The third-order valence-electron chi connectivity index (χ3n) is 2.19. The molecule has 0 aliphatic heterocycles. The number of aliphatic hydroxyl groups excluding tert-OH is 1. The van der Waals surface area contributed by atoms with Gasteiger partial charge in [-0.3, -0.25) is 0 Å². The molecule has 0 aromatic carbocycles. The van der Waals surface area contributed by atoms with Gasteiger partial charge in [-0.25, -0.2) is 0 Å². The summed E-state index contributed by atoms with van der Waals surface area (Å²) in [7, 11) is 0. The Kier molecular flexibility index (Phi) is 3.19. The molecular weight excluding hydrogens is 168 g/mol. The van der Waals surface area contributed by atoms with Gasteiger partial charge in [0, 0.05) is 11.4 Å². The van der Waals surface area contributed by atoms with E-state index in [-0.39, 0.29) is 19.2 Å². The molecule has 4 heteroatoms. The van der Waals surface area contributed by atoms with E-state index < -0.39 is 0 Å². The zero-order chi connectivity index (χ0) is 9.84. The van der Waals surface area contributed by atoms with E-state index >= 15 is 0 Å². The summed E-state index contributed by atoms with van der Waals surface area (Å²) >= 11 is 0. The second kappa shape index (κ2) is 4.18. The first-order valence-electron chi connectivity index (χ1n) is 4.25. The Bertz CT molecular complexity index is 274. The zero-order valence-corrected chi connectivity index (χ0v) is 7.90. The quantitative estimate of drug-likeness (QED) is 0.715. The zero-order valence-electron chi connectivity index (χ0n) is 7.90. The van der Waals surface area contributed by atoms with Gasteiger partial charge in [-0.15, -0.1) is 0 Å². The lowest BCUT2D eigenvalue weighted by Crippen LogP contribution is -2.18. The molecule has 4 nitrogen and oxygen atoms in total. The average molecular weight is 182 g/mol. The van der Waals surface area contributed by atoms with E-state index in [0.717, 1.165) is 11.4 Å². The standard InChI is InChI=1S/C9H14N2O2/c1-7-3-4-8(2)11(7)9(6-12)5-10-13/h3-4,9,12H,5-6H2,1-2H3. The maximum Gasteiger partial charge on any atom is 0.104 e. The molecule has 1 heterocycles. The maximum atomic E-state index is 10.1. The Labute approximate surface area is 77.2 Å². The van der Waals surface area contributed by atoms with Crippen LogP contribution in [0.25, 0.3) is 0 Å². The molecule has 0 radical (unpaired) electrons. The van der Waals surface area contributed by atoms with Crippen LogP contribution in [-0.4, -0.2) is 22.8 Å². The summed E-state index contributed by atoms with van der Waals surface area (Å²) in [6.45, 7) is 3.95. The molecule has 1 N–H and O–H groups in total.